The Morgan fingerprint density at radius 2 is 2.16 bits per heavy atom. The van der Waals surface area contributed by atoms with Crippen LogP contribution in [0.1, 0.15) is 6.42 Å². The van der Waals surface area contributed by atoms with E-state index in [0.717, 1.165) is 55.1 Å². The monoisotopic (exact) mass is 339 g/mol. The van der Waals surface area contributed by atoms with Gasteiger partial charge in [0.15, 0.2) is 11.6 Å². The standard InChI is InChI=1S/C17H21N7O/c1-25-15-11-19-17(24-7-2-5-18-6-8-24)22-16(15)21-13-3-4-14-12(9-13)10-20-23-14/h3-4,9-11,18H,2,5-8H2,1H3,(H,20,23)(H,19,21,22). The molecule has 2 aromatic heterocycles. The molecule has 0 unspecified atom stereocenters. The summed E-state index contributed by atoms with van der Waals surface area (Å²) in [4.78, 5) is 11.4. The lowest BCUT2D eigenvalue weighted by atomic mass is 10.2. The lowest BCUT2D eigenvalue weighted by Gasteiger charge is -2.21. The van der Waals surface area contributed by atoms with Crippen LogP contribution in [0, 0.1) is 0 Å². The summed E-state index contributed by atoms with van der Waals surface area (Å²) in [6.45, 7) is 3.81. The number of nitrogens with zero attached hydrogens (tertiary/aromatic N) is 4. The smallest absolute Gasteiger partial charge is 0.227 e. The summed E-state index contributed by atoms with van der Waals surface area (Å²) in [6.07, 6.45) is 4.60. The Morgan fingerprint density at radius 3 is 3.08 bits per heavy atom. The molecule has 3 N–H and O–H groups in total. The second-order valence-electron chi connectivity index (χ2n) is 5.97. The highest BCUT2D eigenvalue weighted by Crippen LogP contribution is 2.28. The fraction of sp³-hybridized carbons (Fsp3) is 0.353. The number of rotatable bonds is 4. The molecule has 0 radical (unpaired) electrons. The molecule has 0 amide bonds. The van der Waals surface area contributed by atoms with Gasteiger partial charge in [-0.1, -0.05) is 0 Å². The highest BCUT2D eigenvalue weighted by molar-refractivity contribution is 5.83. The van der Waals surface area contributed by atoms with Crippen LogP contribution in [-0.2, 0) is 0 Å². The first-order chi connectivity index (χ1) is 12.3. The number of fused-ring (bicyclic) bond motifs is 1. The van der Waals surface area contributed by atoms with Gasteiger partial charge in [-0.2, -0.15) is 10.1 Å². The van der Waals surface area contributed by atoms with E-state index in [1.54, 1.807) is 19.5 Å². The molecule has 0 saturated carbocycles. The minimum absolute atomic E-state index is 0.615. The van der Waals surface area contributed by atoms with Crippen LogP contribution in [0.5, 0.6) is 5.75 Å². The molecule has 1 aliphatic heterocycles. The van der Waals surface area contributed by atoms with Crippen molar-refractivity contribution in [2.75, 3.05) is 43.5 Å². The Morgan fingerprint density at radius 1 is 1.20 bits per heavy atom. The van der Waals surface area contributed by atoms with Crippen LogP contribution in [-0.4, -0.2) is 53.5 Å². The third-order valence-electron chi connectivity index (χ3n) is 4.29. The number of H-pyrrole nitrogens is 1. The van der Waals surface area contributed by atoms with Gasteiger partial charge in [0.25, 0.3) is 0 Å². The van der Waals surface area contributed by atoms with Crippen molar-refractivity contribution in [3.63, 3.8) is 0 Å². The summed E-state index contributed by atoms with van der Waals surface area (Å²) in [5.41, 5.74) is 1.92. The molecule has 1 saturated heterocycles. The second-order valence-corrected chi connectivity index (χ2v) is 5.97. The van der Waals surface area contributed by atoms with E-state index in [2.05, 4.69) is 30.7 Å². The number of benzene rings is 1. The Kier molecular flexibility index (Phi) is 4.34. The van der Waals surface area contributed by atoms with Gasteiger partial charge in [0.05, 0.1) is 25.0 Å². The van der Waals surface area contributed by atoms with Gasteiger partial charge in [-0.05, 0) is 31.2 Å². The number of aromatic amines is 1. The number of aromatic nitrogens is 4. The predicted octanol–water partition coefficient (Wildman–Crippen LogP) is 1.90. The lowest BCUT2D eigenvalue weighted by molar-refractivity contribution is 0.413. The largest absolute Gasteiger partial charge is 0.491 e. The van der Waals surface area contributed by atoms with Crippen LogP contribution in [0.15, 0.2) is 30.6 Å². The lowest BCUT2D eigenvalue weighted by Crippen LogP contribution is -2.29. The third-order valence-corrected chi connectivity index (χ3v) is 4.29. The van der Waals surface area contributed by atoms with E-state index < -0.39 is 0 Å². The Labute approximate surface area is 145 Å². The predicted molar refractivity (Wildman–Crippen MR) is 97.7 cm³/mol. The van der Waals surface area contributed by atoms with Crippen LogP contribution in [0.4, 0.5) is 17.5 Å². The average molecular weight is 339 g/mol. The van der Waals surface area contributed by atoms with E-state index in [1.165, 1.54) is 0 Å². The van der Waals surface area contributed by atoms with E-state index in [-0.39, 0.29) is 0 Å². The van der Waals surface area contributed by atoms with Crippen molar-refractivity contribution >= 4 is 28.4 Å². The van der Waals surface area contributed by atoms with Crippen molar-refractivity contribution in [2.45, 2.75) is 6.42 Å². The van der Waals surface area contributed by atoms with Crippen LogP contribution >= 0.6 is 0 Å². The zero-order valence-corrected chi connectivity index (χ0v) is 14.1. The quantitative estimate of drug-likeness (QED) is 0.669. The molecule has 1 aliphatic rings. The number of hydrogen-bond donors (Lipinski definition) is 3. The number of hydrogen-bond acceptors (Lipinski definition) is 7. The maximum absolute atomic E-state index is 5.42. The van der Waals surface area contributed by atoms with E-state index in [0.29, 0.717) is 11.6 Å². The van der Waals surface area contributed by atoms with Gasteiger partial charge in [0, 0.05) is 30.7 Å². The first kappa shape index (κ1) is 15.6. The van der Waals surface area contributed by atoms with Crippen molar-refractivity contribution < 1.29 is 4.74 Å². The molecule has 0 aliphatic carbocycles. The summed E-state index contributed by atoms with van der Waals surface area (Å²) in [7, 11) is 1.62. The molecular formula is C17H21N7O. The summed E-state index contributed by atoms with van der Waals surface area (Å²) in [5.74, 6) is 1.99. The summed E-state index contributed by atoms with van der Waals surface area (Å²) in [6, 6.07) is 5.99. The minimum atomic E-state index is 0.615. The average Bonchev–Trinajstić information content (AvgIpc) is 2.93. The molecule has 3 heterocycles. The van der Waals surface area contributed by atoms with Crippen molar-refractivity contribution in [3.8, 4) is 5.75 Å². The third kappa shape index (κ3) is 3.34. The molecule has 4 rings (SSSR count). The number of ether oxygens (including phenoxy) is 1. The molecule has 1 aromatic carbocycles. The number of methoxy groups -OCH3 is 1. The van der Waals surface area contributed by atoms with Crippen molar-refractivity contribution in [3.05, 3.63) is 30.6 Å². The van der Waals surface area contributed by atoms with Gasteiger partial charge in [-0.3, -0.25) is 5.10 Å². The molecule has 3 aromatic rings. The van der Waals surface area contributed by atoms with Gasteiger partial charge < -0.3 is 20.3 Å². The normalized spacial score (nSPS) is 15.2. The van der Waals surface area contributed by atoms with E-state index in [4.69, 9.17) is 9.72 Å². The summed E-state index contributed by atoms with van der Waals surface area (Å²) in [5, 5.41) is 14.8. The van der Waals surface area contributed by atoms with Crippen LogP contribution in [0.25, 0.3) is 10.9 Å². The maximum Gasteiger partial charge on any atom is 0.227 e. The molecule has 25 heavy (non-hydrogen) atoms. The Bertz CT molecular complexity index is 855. The van der Waals surface area contributed by atoms with Gasteiger partial charge in [0.1, 0.15) is 0 Å². The van der Waals surface area contributed by atoms with Crippen molar-refractivity contribution in [1.82, 2.24) is 25.5 Å². The molecule has 8 nitrogen and oxygen atoms in total. The molecular weight excluding hydrogens is 318 g/mol. The maximum atomic E-state index is 5.42. The summed E-state index contributed by atoms with van der Waals surface area (Å²) >= 11 is 0. The Hall–Kier alpha value is -2.87. The van der Waals surface area contributed by atoms with E-state index in [1.807, 2.05) is 18.2 Å². The zero-order valence-electron chi connectivity index (χ0n) is 14.1. The highest BCUT2D eigenvalue weighted by atomic mass is 16.5. The molecule has 0 spiro atoms. The fourth-order valence-electron chi connectivity index (χ4n) is 2.96. The van der Waals surface area contributed by atoms with Gasteiger partial charge >= 0.3 is 0 Å². The number of nitrogens with one attached hydrogen (secondary N) is 3. The van der Waals surface area contributed by atoms with Gasteiger partial charge in [-0.25, -0.2) is 4.98 Å². The first-order valence-electron chi connectivity index (χ1n) is 8.40. The van der Waals surface area contributed by atoms with Crippen LogP contribution < -0.4 is 20.3 Å². The zero-order chi connectivity index (χ0) is 17.1. The number of anilines is 3. The van der Waals surface area contributed by atoms with Gasteiger partial charge in [-0.15, -0.1) is 0 Å². The highest BCUT2D eigenvalue weighted by Gasteiger charge is 2.15. The van der Waals surface area contributed by atoms with Crippen molar-refractivity contribution in [2.24, 2.45) is 0 Å². The first-order valence-corrected chi connectivity index (χ1v) is 8.40. The van der Waals surface area contributed by atoms with Gasteiger partial charge in [0.2, 0.25) is 5.95 Å². The minimum Gasteiger partial charge on any atom is -0.491 e. The molecule has 1 fully saturated rings. The van der Waals surface area contributed by atoms with E-state index in [9.17, 15) is 0 Å². The topological polar surface area (TPSA) is 91.0 Å². The Balaban J connectivity index is 1.63. The van der Waals surface area contributed by atoms with Crippen molar-refractivity contribution in [1.29, 1.82) is 0 Å². The molecule has 8 heteroatoms. The molecule has 130 valence electrons. The second kappa shape index (κ2) is 6.94. The molecule has 0 atom stereocenters. The SMILES string of the molecule is COc1cnc(N2CCCNCC2)nc1Nc1ccc2[nH]ncc2c1. The van der Waals surface area contributed by atoms with Crippen LogP contribution in [0.2, 0.25) is 0 Å². The molecule has 0 bridgehead atoms. The van der Waals surface area contributed by atoms with Crippen LogP contribution in [0.3, 0.4) is 0 Å². The summed E-state index contributed by atoms with van der Waals surface area (Å²) < 4.78 is 5.42. The van der Waals surface area contributed by atoms with E-state index >= 15 is 0 Å². The fourth-order valence-corrected chi connectivity index (χ4v) is 2.96.